The van der Waals surface area contributed by atoms with Gasteiger partial charge in [0.05, 0.1) is 14.2 Å². The molecule has 5 nitrogen and oxygen atoms in total. The number of ether oxygens (including phenoxy) is 2. The first-order valence-electron chi connectivity index (χ1n) is 5.74. The molecular weight excluding hydrogens is 298 g/mol. The van der Waals surface area contributed by atoms with Gasteiger partial charge in [-0.2, -0.15) is 0 Å². The summed E-state index contributed by atoms with van der Waals surface area (Å²) in [5.74, 6) is 1.94. The number of nitrogens with zero attached hydrogens (tertiary/aromatic N) is 2. The number of benzene rings is 1. The maximum absolute atomic E-state index is 5.95. The van der Waals surface area contributed by atoms with Crippen molar-refractivity contribution in [2.45, 2.75) is 5.16 Å². The largest absolute Gasteiger partial charge is 0.493 e. The molecular formula is C13H14ClN3O2S. The number of anilines is 2. The Morgan fingerprint density at radius 2 is 1.85 bits per heavy atom. The van der Waals surface area contributed by atoms with Crippen LogP contribution in [0.3, 0.4) is 0 Å². The van der Waals surface area contributed by atoms with Crippen LogP contribution in [0.4, 0.5) is 11.5 Å². The van der Waals surface area contributed by atoms with E-state index in [4.69, 9.17) is 21.1 Å². The van der Waals surface area contributed by atoms with Gasteiger partial charge < -0.3 is 14.8 Å². The highest BCUT2D eigenvalue weighted by molar-refractivity contribution is 7.98. The molecule has 0 amide bonds. The standard InChI is InChI=1S/C13H14ClN3O2S/c1-18-9-5-4-8(6-10(9)19-2)15-12-7-11(14)16-13(17-12)20-3/h4-7H,1-3H3,(H,15,16,17). The number of nitrogens with one attached hydrogen (secondary N) is 1. The Kier molecular flexibility index (Phi) is 4.92. The molecule has 0 aliphatic heterocycles. The van der Waals surface area contributed by atoms with Crippen molar-refractivity contribution in [2.75, 3.05) is 25.8 Å². The molecule has 106 valence electrons. The third kappa shape index (κ3) is 3.46. The van der Waals surface area contributed by atoms with E-state index in [1.807, 2.05) is 24.5 Å². The fraction of sp³-hybridized carbons (Fsp3) is 0.231. The minimum absolute atomic E-state index is 0.396. The molecule has 0 fully saturated rings. The molecule has 0 unspecified atom stereocenters. The van der Waals surface area contributed by atoms with Crippen molar-refractivity contribution in [1.82, 2.24) is 9.97 Å². The van der Waals surface area contributed by atoms with Crippen molar-refractivity contribution in [2.24, 2.45) is 0 Å². The maximum Gasteiger partial charge on any atom is 0.190 e. The number of halogens is 1. The van der Waals surface area contributed by atoms with Crippen molar-refractivity contribution >= 4 is 34.9 Å². The van der Waals surface area contributed by atoms with Crippen LogP contribution < -0.4 is 14.8 Å². The lowest BCUT2D eigenvalue weighted by molar-refractivity contribution is 0.355. The lowest BCUT2D eigenvalue weighted by atomic mass is 10.2. The molecule has 1 N–H and O–H groups in total. The molecule has 0 radical (unpaired) electrons. The number of aromatic nitrogens is 2. The third-order valence-corrected chi connectivity index (χ3v) is 3.25. The van der Waals surface area contributed by atoms with Gasteiger partial charge in [0.2, 0.25) is 0 Å². The second-order valence-corrected chi connectivity index (χ2v) is 4.92. The zero-order valence-electron chi connectivity index (χ0n) is 11.3. The summed E-state index contributed by atoms with van der Waals surface area (Å²) in [5.41, 5.74) is 0.824. The Labute approximate surface area is 126 Å². The second kappa shape index (κ2) is 6.67. The molecule has 1 aromatic carbocycles. The quantitative estimate of drug-likeness (QED) is 0.517. The molecule has 0 aliphatic rings. The lowest BCUT2D eigenvalue weighted by Crippen LogP contribution is -1.98. The highest BCUT2D eigenvalue weighted by Crippen LogP contribution is 2.31. The summed E-state index contributed by atoms with van der Waals surface area (Å²) in [6.07, 6.45) is 1.89. The van der Waals surface area contributed by atoms with E-state index < -0.39 is 0 Å². The SMILES string of the molecule is COc1ccc(Nc2cc(Cl)nc(SC)n2)cc1OC. The van der Waals surface area contributed by atoms with Gasteiger partial charge in [-0.3, -0.25) is 0 Å². The predicted octanol–water partition coefficient (Wildman–Crippen LogP) is 3.61. The molecule has 0 spiro atoms. The van der Waals surface area contributed by atoms with Gasteiger partial charge in [0.1, 0.15) is 11.0 Å². The maximum atomic E-state index is 5.95. The summed E-state index contributed by atoms with van der Waals surface area (Å²) in [6.45, 7) is 0. The highest BCUT2D eigenvalue weighted by Gasteiger charge is 2.07. The van der Waals surface area contributed by atoms with E-state index in [-0.39, 0.29) is 0 Å². The number of hydrogen-bond acceptors (Lipinski definition) is 6. The van der Waals surface area contributed by atoms with E-state index in [0.29, 0.717) is 27.6 Å². The molecule has 2 rings (SSSR count). The van der Waals surface area contributed by atoms with Gasteiger partial charge >= 0.3 is 0 Å². The van der Waals surface area contributed by atoms with Crippen molar-refractivity contribution in [3.05, 3.63) is 29.4 Å². The van der Waals surface area contributed by atoms with Crippen LogP contribution in [-0.2, 0) is 0 Å². The van der Waals surface area contributed by atoms with Crippen LogP contribution in [0.15, 0.2) is 29.4 Å². The van der Waals surface area contributed by atoms with Gasteiger partial charge in [-0.05, 0) is 18.4 Å². The van der Waals surface area contributed by atoms with Crippen molar-refractivity contribution in [1.29, 1.82) is 0 Å². The number of methoxy groups -OCH3 is 2. The summed E-state index contributed by atoms with van der Waals surface area (Å²) in [7, 11) is 3.19. The van der Waals surface area contributed by atoms with Crippen molar-refractivity contribution < 1.29 is 9.47 Å². The summed E-state index contributed by atoms with van der Waals surface area (Å²) >= 11 is 7.38. The van der Waals surface area contributed by atoms with Crippen molar-refractivity contribution in [3.63, 3.8) is 0 Å². The summed E-state index contributed by atoms with van der Waals surface area (Å²) in [5, 5.41) is 4.17. The van der Waals surface area contributed by atoms with Crippen molar-refractivity contribution in [3.8, 4) is 11.5 Å². The Morgan fingerprint density at radius 1 is 1.10 bits per heavy atom. The zero-order chi connectivity index (χ0) is 14.5. The third-order valence-electron chi connectivity index (χ3n) is 2.51. The molecule has 0 bridgehead atoms. The van der Waals surface area contributed by atoms with Gasteiger partial charge in [0.25, 0.3) is 0 Å². The minimum Gasteiger partial charge on any atom is -0.493 e. The van der Waals surface area contributed by atoms with Crippen LogP contribution >= 0.6 is 23.4 Å². The zero-order valence-corrected chi connectivity index (χ0v) is 12.9. The molecule has 20 heavy (non-hydrogen) atoms. The van der Waals surface area contributed by atoms with Crippen LogP contribution in [0, 0.1) is 0 Å². The molecule has 1 aromatic heterocycles. The van der Waals surface area contributed by atoms with Gasteiger partial charge in [-0.25, -0.2) is 9.97 Å². The Morgan fingerprint density at radius 3 is 2.50 bits per heavy atom. The van der Waals surface area contributed by atoms with E-state index in [9.17, 15) is 0 Å². The topological polar surface area (TPSA) is 56.3 Å². The predicted molar refractivity (Wildman–Crippen MR) is 81.7 cm³/mol. The highest BCUT2D eigenvalue weighted by atomic mass is 35.5. The smallest absolute Gasteiger partial charge is 0.190 e. The molecule has 2 aromatic rings. The molecule has 0 atom stereocenters. The summed E-state index contributed by atoms with van der Waals surface area (Å²) in [6, 6.07) is 7.18. The van der Waals surface area contributed by atoms with E-state index in [1.54, 1.807) is 20.3 Å². The molecule has 0 aliphatic carbocycles. The van der Waals surface area contributed by atoms with Gasteiger partial charge in [0.15, 0.2) is 16.7 Å². The monoisotopic (exact) mass is 311 g/mol. The average molecular weight is 312 g/mol. The number of thioether (sulfide) groups is 1. The minimum atomic E-state index is 0.396. The van der Waals surface area contributed by atoms with Gasteiger partial charge in [-0.15, -0.1) is 0 Å². The van der Waals surface area contributed by atoms with E-state index in [0.717, 1.165) is 5.69 Å². The number of hydrogen-bond donors (Lipinski definition) is 1. The van der Waals surface area contributed by atoms with Gasteiger partial charge in [0, 0.05) is 17.8 Å². The lowest BCUT2D eigenvalue weighted by Gasteiger charge is -2.11. The second-order valence-electron chi connectivity index (χ2n) is 3.76. The molecule has 0 saturated heterocycles. The first-order valence-corrected chi connectivity index (χ1v) is 7.34. The average Bonchev–Trinajstić information content (AvgIpc) is 2.46. The molecule has 7 heteroatoms. The number of rotatable bonds is 5. The van der Waals surface area contributed by atoms with E-state index in [2.05, 4.69) is 15.3 Å². The first-order chi connectivity index (χ1) is 9.66. The summed E-state index contributed by atoms with van der Waals surface area (Å²) in [4.78, 5) is 8.42. The van der Waals surface area contributed by atoms with Crippen LogP contribution in [-0.4, -0.2) is 30.4 Å². The fourth-order valence-corrected chi connectivity index (χ4v) is 2.23. The van der Waals surface area contributed by atoms with Crippen LogP contribution in [0.5, 0.6) is 11.5 Å². The molecule has 1 heterocycles. The first kappa shape index (κ1) is 14.7. The van der Waals surface area contributed by atoms with Gasteiger partial charge in [-0.1, -0.05) is 23.4 Å². The van der Waals surface area contributed by atoms with Crippen LogP contribution in [0.2, 0.25) is 5.15 Å². The summed E-state index contributed by atoms with van der Waals surface area (Å²) < 4.78 is 10.4. The fourth-order valence-electron chi connectivity index (χ4n) is 1.61. The van der Waals surface area contributed by atoms with Crippen LogP contribution in [0.25, 0.3) is 0 Å². The Hall–Kier alpha value is -1.66. The Bertz CT molecular complexity index is 610. The molecule has 0 saturated carbocycles. The van der Waals surface area contributed by atoms with E-state index in [1.165, 1.54) is 11.8 Å². The Balaban J connectivity index is 2.27. The van der Waals surface area contributed by atoms with E-state index >= 15 is 0 Å². The normalized spacial score (nSPS) is 10.2. The van der Waals surface area contributed by atoms with Crippen LogP contribution in [0.1, 0.15) is 0 Å².